The Labute approximate surface area is 168 Å². The van der Waals surface area contributed by atoms with Crippen LogP contribution < -0.4 is 4.98 Å². The number of imide groups is 1. The van der Waals surface area contributed by atoms with Gasteiger partial charge in [0.15, 0.2) is 0 Å². The number of hydrogen-bond acceptors (Lipinski definition) is 3. The van der Waals surface area contributed by atoms with E-state index in [4.69, 9.17) is 4.65 Å². The molecule has 1 aliphatic heterocycles. The van der Waals surface area contributed by atoms with E-state index < -0.39 is 0 Å². The van der Waals surface area contributed by atoms with Gasteiger partial charge in [-0.05, 0) is 16.8 Å². The maximum atomic E-state index is 12.7. The second-order valence-electron chi connectivity index (χ2n) is 5.67. The van der Waals surface area contributed by atoms with Crippen molar-refractivity contribution in [1.82, 2.24) is 14.9 Å². The predicted octanol–water partition coefficient (Wildman–Crippen LogP) is 3.13. The Balaban J connectivity index is 0.000000634. The van der Waals surface area contributed by atoms with Gasteiger partial charge in [-0.15, -0.1) is 11.0 Å². The van der Waals surface area contributed by atoms with Crippen LogP contribution >= 0.6 is 0 Å². The van der Waals surface area contributed by atoms with Gasteiger partial charge < -0.3 is 12.4 Å². The molecular formula is C20H13N3O3Ru. The molecule has 27 heavy (non-hydrogen) atoms. The van der Waals surface area contributed by atoms with E-state index in [9.17, 15) is 9.59 Å². The first-order chi connectivity index (χ1) is 12.2. The summed E-state index contributed by atoms with van der Waals surface area (Å²) < 4.78 is 7.50. The molecule has 0 fully saturated rings. The third-order valence-electron chi connectivity index (χ3n) is 4.48. The van der Waals surface area contributed by atoms with E-state index in [1.165, 1.54) is 7.05 Å². The normalized spacial score (nSPS) is 12.3. The summed E-state index contributed by atoms with van der Waals surface area (Å²) in [5.41, 5.74) is 3.02. The molecule has 2 amide bonds. The fourth-order valence-electron chi connectivity index (χ4n) is 3.43. The molecule has 7 heteroatoms. The Morgan fingerprint density at radius 3 is 2.37 bits per heavy atom. The summed E-state index contributed by atoms with van der Waals surface area (Å²) >= 11 is 0. The molecule has 0 atom stereocenters. The summed E-state index contributed by atoms with van der Waals surface area (Å²) in [6, 6.07) is 11.2. The fraction of sp³-hybridized carbons (Fsp3) is 0.0500. The SMILES string of the molecule is CN1C(=O)c2c(c3c4ccccc4[n-]c3c3ncccc23)C1=O.[C-]#[O+].[CH3-].[Ru+2]. The molecule has 0 spiro atoms. The van der Waals surface area contributed by atoms with Crippen molar-refractivity contribution in [2.75, 3.05) is 7.05 Å². The van der Waals surface area contributed by atoms with E-state index in [2.05, 4.69) is 16.6 Å². The van der Waals surface area contributed by atoms with E-state index in [-0.39, 0.29) is 38.7 Å². The first-order valence-corrected chi connectivity index (χ1v) is 7.47. The summed E-state index contributed by atoms with van der Waals surface area (Å²) in [7, 11) is 1.51. The van der Waals surface area contributed by atoms with Gasteiger partial charge in [0.25, 0.3) is 11.8 Å². The largest absolute Gasteiger partial charge is 2.00 e. The number of hydrogen-bond donors (Lipinski definition) is 0. The van der Waals surface area contributed by atoms with Gasteiger partial charge in [0.05, 0.1) is 16.6 Å². The van der Waals surface area contributed by atoms with Gasteiger partial charge in [0.1, 0.15) is 0 Å². The number of aromatic nitrogens is 2. The maximum Gasteiger partial charge on any atom is 2.00 e. The molecule has 0 unspecified atom stereocenters. The van der Waals surface area contributed by atoms with Crippen molar-refractivity contribution in [3.05, 3.63) is 67.8 Å². The van der Waals surface area contributed by atoms with Gasteiger partial charge in [0, 0.05) is 18.6 Å². The molecule has 1 aliphatic rings. The molecule has 6 nitrogen and oxygen atoms in total. The van der Waals surface area contributed by atoms with Crippen molar-refractivity contribution in [2.24, 2.45) is 0 Å². The minimum Gasteiger partial charge on any atom is -0.358 e. The van der Waals surface area contributed by atoms with Crippen LogP contribution in [0.25, 0.3) is 32.7 Å². The zero-order valence-electron chi connectivity index (χ0n) is 14.5. The van der Waals surface area contributed by atoms with Gasteiger partial charge in [-0.3, -0.25) is 19.5 Å². The topological polar surface area (TPSA) is 84.3 Å². The monoisotopic (exact) mass is 445 g/mol. The molecule has 2 aromatic heterocycles. The van der Waals surface area contributed by atoms with E-state index in [1.54, 1.807) is 12.3 Å². The van der Waals surface area contributed by atoms with Gasteiger partial charge in [-0.25, -0.2) is 0 Å². The van der Waals surface area contributed by atoms with Crippen LogP contribution in [0.15, 0.2) is 42.6 Å². The Hall–Kier alpha value is -2.85. The Morgan fingerprint density at radius 1 is 1.00 bits per heavy atom. The molecule has 0 bridgehead atoms. The third-order valence-corrected chi connectivity index (χ3v) is 4.48. The van der Waals surface area contributed by atoms with Crippen LogP contribution in [0.5, 0.6) is 0 Å². The van der Waals surface area contributed by atoms with Crippen molar-refractivity contribution < 1.29 is 33.7 Å². The van der Waals surface area contributed by atoms with E-state index in [0.29, 0.717) is 27.5 Å². The van der Waals surface area contributed by atoms with Gasteiger partial charge in [0.2, 0.25) is 0 Å². The molecular weight excluding hydrogens is 431 g/mol. The molecule has 0 saturated carbocycles. The summed E-state index contributed by atoms with van der Waals surface area (Å²) in [5, 5.41) is 2.28. The van der Waals surface area contributed by atoms with E-state index >= 15 is 0 Å². The minimum atomic E-state index is -0.282. The van der Waals surface area contributed by atoms with Crippen LogP contribution in [-0.4, -0.2) is 28.7 Å². The number of carbonyl (C=O) groups is 2. The zero-order valence-corrected chi connectivity index (χ0v) is 16.2. The molecule has 3 heterocycles. The minimum absolute atomic E-state index is 0. The zero-order chi connectivity index (χ0) is 17.7. The number of fused-ring (bicyclic) bond motifs is 8. The predicted molar refractivity (Wildman–Crippen MR) is 96.8 cm³/mol. The third kappa shape index (κ3) is 2.60. The molecule has 4 aromatic rings. The summed E-state index contributed by atoms with van der Waals surface area (Å²) in [6.07, 6.45) is 1.68. The summed E-state index contributed by atoms with van der Waals surface area (Å²) in [6.45, 7) is 4.50. The van der Waals surface area contributed by atoms with Crippen LogP contribution in [0.4, 0.5) is 0 Å². The number of para-hydroxylation sites is 1. The van der Waals surface area contributed by atoms with Crippen LogP contribution in [0.3, 0.4) is 0 Å². The van der Waals surface area contributed by atoms with Crippen LogP contribution in [-0.2, 0) is 24.1 Å². The molecule has 2 aromatic carbocycles. The molecule has 134 valence electrons. The maximum absolute atomic E-state index is 12.7. The second kappa shape index (κ2) is 7.41. The van der Waals surface area contributed by atoms with Crippen molar-refractivity contribution in [3.63, 3.8) is 0 Å². The van der Waals surface area contributed by atoms with Gasteiger partial charge in [-0.1, -0.05) is 30.3 Å². The smallest absolute Gasteiger partial charge is 0.358 e. The number of rotatable bonds is 0. The summed E-state index contributed by atoms with van der Waals surface area (Å²) in [5.74, 6) is -0.561. The average molecular weight is 444 g/mol. The number of amides is 2. The van der Waals surface area contributed by atoms with E-state index in [0.717, 1.165) is 21.2 Å². The van der Waals surface area contributed by atoms with E-state index in [1.807, 2.05) is 30.3 Å². The molecule has 0 saturated heterocycles. The molecule has 0 radical (unpaired) electrons. The van der Waals surface area contributed by atoms with Gasteiger partial charge in [-0.2, -0.15) is 0 Å². The molecule has 0 N–H and O–H groups in total. The quantitative estimate of drug-likeness (QED) is 0.181. The van der Waals surface area contributed by atoms with Crippen molar-refractivity contribution in [2.45, 2.75) is 0 Å². The number of pyridine rings is 1. The summed E-state index contributed by atoms with van der Waals surface area (Å²) in [4.78, 5) is 35.5. The first kappa shape index (κ1) is 20.5. The first-order valence-electron chi connectivity index (χ1n) is 7.47. The Kier molecular flexibility index (Phi) is 5.62. The van der Waals surface area contributed by atoms with Crippen LogP contribution in [0.2, 0.25) is 0 Å². The molecule has 5 rings (SSSR count). The Morgan fingerprint density at radius 2 is 1.63 bits per heavy atom. The Bertz CT molecular complexity index is 1230. The van der Waals surface area contributed by atoms with Crippen molar-refractivity contribution in [1.29, 1.82) is 0 Å². The van der Waals surface area contributed by atoms with Crippen LogP contribution in [0, 0.1) is 14.1 Å². The average Bonchev–Trinajstić information content (AvgIpc) is 3.15. The fourth-order valence-corrected chi connectivity index (χ4v) is 3.43. The standard InChI is InChI=1S/C18H11N3O2.CO.CH3.Ru/c1-21-17(22)13-10-6-4-8-19-15(10)16-12(14(13)18(21)23)9-5-2-3-7-11(9)20-16;1-2;;/h2-8H,1H3,(H,19,20,22,23);;1H3;/q;;-1;+2/p-1. The second-order valence-corrected chi connectivity index (χ2v) is 5.67. The number of benzene rings is 2. The van der Waals surface area contributed by atoms with Crippen LogP contribution in [0.1, 0.15) is 20.7 Å². The number of nitrogens with zero attached hydrogens (tertiary/aromatic N) is 3. The van der Waals surface area contributed by atoms with Gasteiger partial charge >= 0.3 is 30.8 Å². The van der Waals surface area contributed by atoms with Crippen molar-refractivity contribution >= 4 is 44.5 Å². The number of carbonyl (C=O) groups excluding carboxylic acids is 2. The van der Waals surface area contributed by atoms with Crippen molar-refractivity contribution in [3.8, 4) is 0 Å². The molecule has 0 aliphatic carbocycles.